The number of fused-ring (bicyclic) bond motifs is 1. The van der Waals surface area contributed by atoms with Crippen molar-refractivity contribution in [3.63, 3.8) is 0 Å². The SMILES string of the molecule is C[C@H](NC(=O)COC(=O)C1=Cc2ccccc2OC1)c1ccc(S(N)(=O)=O)cc1. The number of amides is 1. The lowest BCUT2D eigenvalue weighted by molar-refractivity contribution is -0.145. The van der Waals surface area contributed by atoms with Crippen molar-refractivity contribution in [1.29, 1.82) is 0 Å². The molecule has 0 saturated carbocycles. The van der Waals surface area contributed by atoms with Crippen LogP contribution in [0.15, 0.2) is 59.0 Å². The molecule has 0 bridgehead atoms. The van der Waals surface area contributed by atoms with Crippen molar-refractivity contribution in [3.8, 4) is 5.75 Å². The van der Waals surface area contributed by atoms with Crippen LogP contribution in [0.1, 0.15) is 24.1 Å². The lowest BCUT2D eigenvalue weighted by Gasteiger charge is -2.17. The van der Waals surface area contributed by atoms with Gasteiger partial charge in [0, 0.05) is 5.56 Å². The Morgan fingerprint density at radius 3 is 2.55 bits per heavy atom. The van der Waals surface area contributed by atoms with Gasteiger partial charge in [0.2, 0.25) is 10.0 Å². The first kappa shape index (κ1) is 20.6. The van der Waals surface area contributed by atoms with E-state index in [-0.39, 0.29) is 11.5 Å². The van der Waals surface area contributed by atoms with Gasteiger partial charge in [0.05, 0.1) is 16.5 Å². The highest BCUT2D eigenvalue weighted by atomic mass is 32.2. The molecule has 0 aromatic heterocycles. The molecule has 0 radical (unpaired) electrons. The Balaban J connectivity index is 1.53. The number of nitrogens with two attached hydrogens (primary N) is 1. The Bertz CT molecular complexity index is 1060. The normalized spacial score (nSPS) is 14.1. The number of nitrogens with one attached hydrogen (secondary N) is 1. The molecule has 2 aromatic rings. The third kappa shape index (κ3) is 5.21. The van der Waals surface area contributed by atoms with Crippen molar-refractivity contribution in [3.05, 3.63) is 65.2 Å². The number of sulfonamides is 1. The highest BCUT2D eigenvalue weighted by Gasteiger charge is 2.20. The van der Waals surface area contributed by atoms with Crippen molar-refractivity contribution in [2.75, 3.05) is 13.2 Å². The van der Waals surface area contributed by atoms with Gasteiger partial charge in [-0.25, -0.2) is 18.4 Å². The number of carbonyl (C=O) groups is 2. The van der Waals surface area contributed by atoms with Gasteiger partial charge in [0.1, 0.15) is 12.4 Å². The number of hydrogen-bond acceptors (Lipinski definition) is 6. The highest BCUT2D eigenvalue weighted by Crippen LogP contribution is 2.26. The maximum absolute atomic E-state index is 12.2. The molecule has 0 spiro atoms. The zero-order valence-corrected chi connectivity index (χ0v) is 16.4. The molecule has 2 aromatic carbocycles. The third-order valence-corrected chi connectivity index (χ3v) is 5.24. The summed E-state index contributed by atoms with van der Waals surface area (Å²) in [5.74, 6) is -0.428. The van der Waals surface area contributed by atoms with E-state index in [2.05, 4.69) is 5.32 Å². The highest BCUT2D eigenvalue weighted by molar-refractivity contribution is 7.89. The molecule has 3 N–H and O–H groups in total. The fraction of sp³-hybridized carbons (Fsp3) is 0.200. The van der Waals surface area contributed by atoms with Crippen LogP contribution in [0.4, 0.5) is 0 Å². The lowest BCUT2D eigenvalue weighted by Crippen LogP contribution is -2.31. The van der Waals surface area contributed by atoms with Crippen LogP contribution >= 0.6 is 0 Å². The number of para-hydroxylation sites is 1. The van der Waals surface area contributed by atoms with Crippen LogP contribution < -0.4 is 15.2 Å². The van der Waals surface area contributed by atoms with Crippen molar-refractivity contribution < 1.29 is 27.5 Å². The Kier molecular flexibility index (Phi) is 6.00. The van der Waals surface area contributed by atoms with Gasteiger partial charge in [-0.3, -0.25) is 4.79 Å². The van der Waals surface area contributed by atoms with Crippen molar-refractivity contribution >= 4 is 28.0 Å². The zero-order valence-electron chi connectivity index (χ0n) is 15.6. The van der Waals surface area contributed by atoms with Gasteiger partial charge in [-0.05, 0) is 36.8 Å². The van der Waals surface area contributed by atoms with Crippen molar-refractivity contribution in [2.24, 2.45) is 5.14 Å². The minimum atomic E-state index is -3.78. The predicted molar refractivity (Wildman–Crippen MR) is 105 cm³/mol. The molecule has 1 aliphatic rings. The molecule has 29 heavy (non-hydrogen) atoms. The second-order valence-electron chi connectivity index (χ2n) is 6.48. The van der Waals surface area contributed by atoms with Gasteiger partial charge in [0.25, 0.3) is 5.91 Å². The molecule has 1 amide bonds. The van der Waals surface area contributed by atoms with Gasteiger partial charge in [-0.15, -0.1) is 0 Å². The number of carbonyl (C=O) groups excluding carboxylic acids is 2. The molecule has 1 aliphatic heterocycles. The molecule has 0 aliphatic carbocycles. The van der Waals surface area contributed by atoms with Crippen LogP contribution in [0, 0.1) is 0 Å². The Morgan fingerprint density at radius 2 is 1.86 bits per heavy atom. The number of hydrogen-bond donors (Lipinski definition) is 2. The van der Waals surface area contributed by atoms with Gasteiger partial charge < -0.3 is 14.8 Å². The minimum absolute atomic E-state index is 0.0155. The number of rotatable bonds is 6. The number of benzene rings is 2. The Hall–Kier alpha value is -3.17. The standard InChI is InChI=1S/C20H20N2O6S/c1-13(14-6-8-17(9-7-14)29(21,25)26)22-19(23)12-28-20(24)16-10-15-4-2-3-5-18(15)27-11-16/h2-10,13H,11-12H2,1H3,(H,22,23)(H2,21,25,26)/t13-/m0/s1. The minimum Gasteiger partial charge on any atom is -0.488 e. The van der Waals surface area contributed by atoms with Crippen LogP contribution in [-0.2, 0) is 24.3 Å². The Morgan fingerprint density at radius 1 is 1.17 bits per heavy atom. The number of esters is 1. The average molecular weight is 416 g/mol. The van der Waals surface area contributed by atoms with E-state index in [4.69, 9.17) is 14.6 Å². The summed E-state index contributed by atoms with van der Waals surface area (Å²) in [7, 11) is -3.78. The molecule has 152 valence electrons. The Labute approximate surface area is 168 Å². The van der Waals surface area contributed by atoms with E-state index >= 15 is 0 Å². The third-order valence-electron chi connectivity index (χ3n) is 4.31. The van der Waals surface area contributed by atoms with Crippen molar-refractivity contribution in [2.45, 2.75) is 17.9 Å². The van der Waals surface area contributed by atoms with Crippen LogP contribution in [-0.4, -0.2) is 33.5 Å². The fourth-order valence-corrected chi connectivity index (χ4v) is 3.29. The number of primary sulfonamides is 1. The predicted octanol–water partition coefficient (Wildman–Crippen LogP) is 1.53. The van der Waals surface area contributed by atoms with Gasteiger partial charge in [-0.1, -0.05) is 30.3 Å². The molecular weight excluding hydrogens is 396 g/mol. The first-order chi connectivity index (χ1) is 13.7. The first-order valence-electron chi connectivity index (χ1n) is 8.75. The van der Waals surface area contributed by atoms with Crippen LogP contribution in [0.5, 0.6) is 5.75 Å². The van der Waals surface area contributed by atoms with Gasteiger partial charge in [-0.2, -0.15) is 0 Å². The van der Waals surface area contributed by atoms with Gasteiger partial charge in [0.15, 0.2) is 6.61 Å². The molecule has 0 saturated heterocycles. The summed E-state index contributed by atoms with van der Waals surface area (Å²) >= 11 is 0. The fourth-order valence-electron chi connectivity index (χ4n) is 2.77. The van der Waals surface area contributed by atoms with Gasteiger partial charge >= 0.3 is 5.97 Å². The topological polar surface area (TPSA) is 125 Å². The molecule has 9 heteroatoms. The smallest absolute Gasteiger partial charge is 0.338 e. The van der Waals surface area contributed by atoms with Crippen LogP contribution in [0.3, 0.4) is 0 Å². The largest absolute Gasteiger partial charge is 0.488 e. The second-order valence-corrected chi connectivity index (χ2v) is 8.04. The van der Waals surface area contributed by atoms with E-state index < -0.39 is 34.5 Å². The number of ether oxygens (including phenoxy) is 2. The molecule has 8 nitrogen and oxygen atoms in total. The average Bonchev–Trinajstić information content (AvgIpc) is 2.71. The summed E-state index contributed by atoms with van der Waals surface area (Å²) in [6.07, 6.45) is 1.68. The molecule has 0 fully saturated rings. The monoisotopic (exact) mass is 416 g/mol. The molecule has 3 rings (SSSR count). The van der Waals surface area contributed by atoms with Crippen LogP contribution in [0.25, 0.3) is 6.08 Å². The summed E-state index contributed by atoms with van der Waals surface area (Å²) in [5.41, 5.74) is 1.77. The van der Waals surface area contributed by atoms with E-state index in [1.54, 1.807) is 31.2 Å². The molecule has 0 unspecified atom stereocenters. The zero-order chi connectivity index (χ0) is 21.0. The van der Waals surface area contributed by atoms with E-state index in [1.165, 1.54) is 12.1 Å². The summed E-state index contributed by atoms with van der Waals surface area (Å²) in [5, 5.41) is 7.74. The van der Waals surface area contributed by atoms with E-state index in [0.29, 0.717) is 16.9 Å². The van der Waals surface area contributed by atoms with E-state index in [1.807, 2.05) is 18.2 Å². The first-order valence-corrected chi connectivity index (χ1v) is 10.3. The molecule has 1 heterocycles. The molecule has 1 atom stereocenters. The summed E-state index contributed by atoms with van der Waals surface area (Å²) in [6.45, 7) is 1.35. The van der Waals surface area contributed by atoms with Crippen molar-refractivity contribution in [1.82, 2.24) is 5.32 Å². The van der Waals surface area contributed by atoms with E-state index in [0.717, 1.165) is 5.56 Å². The molecular formula is C20H20N2O6S. The summed E-state index contributed by atoms with van der Waals surface area (Å²) in [4.78, 5) is 24.2. The maximum atomic E-state index is 12.2. The maximum Gasteiger partial charge on any atom is 0.338 e. The summed E-state index contributed by atoms with van der Waals surface area (Å²) < 4.78 is 33.1. The quantitative estimate of drug-likeness (QED) is 0.688. The summed E-state index contributed by atoms with van der Waals surface area (Å²) in [6, 6.07) is 12.7. The van der Waals surface area contributed by atoms with E-state index in [9.17, 15) is 18.0 Å². The lowest BCUT2D eigenvalue weighted by atomic mass is 10.1. The van der Waals surface area contributed by atoms with Crippen LogP contribution in [0.2, 0.25) is 0 Å². The second kappa shape index (κ2) is 8.46.